The topological polar surface area (TPSA) is 41.6 Å². The van der Waals surface area contributed by atoms with E-state index < -0.39 is 0 Å². The Balaban J connectivity index is 4.05. The Kier molecular flexibility index (Phi) is 7.13. The molecule has 15 heavy (non-hydrogen) atoms. The quantitative estimate of drug-likeness (QED) is 0.735. The highest BCUT2D eigenvalue weighted by atomic mass is 16.5. The van der Waals surface area contributed by atoms with Gasteiger partial charge in [0.1, 0.15) is 0 Å². The van der Waals surface area contributed by atoms with Crippen LogP contribution in [0.5, 0.6) is 0 Å². The lowest BCUT2D eigenvalue weighted by Crippen LogP contribution is -2.42. The van der Waals surface area contributed by atoms with Crippen LogP contribution in [0.25, 0.3) is 0 Å². The molecule has 0 aromatic carbocycles. The molecule has 90 valence electrons. The van der Waals surface area contributed by atoms with Gasteiger partial charge in [-0.1, -0.05) is 13.8 Å². The van der Waals surface area contributed by atoms with E-state index in [9.17, 15) is 4.79 Å². The van der Waals surface area contributed by atoms with E-state index in [0.29, 0.717) is 12.5 Å². The van der Waals surface area contributed by atoms with Gasteiger partial charge in [-0.15, -0.1) is 0 Å². The molecule has 4 nitrogen and oxygen atoms in total. The lowest BCUT2D eigenvalue weighted by Gasteiger charge is -2.23. The Morgan fingerprint density at radius 2 is 2.00 bits per heavy atom. The average Bonchev–Trinajstić information content (AvgIpc) is 2.00. The van der Waals surface area contributed by atoms with E-state index in [1.807, 2.05) is 21.0 Å². The van der Waals surface area contributed by atoms with Crippen LogP contribution in [0.4, 0.5) is 4.79 Å². The zero-order valence-corrected chi connectivity index (χ0v) is 10.5. The molecule has 1 atom stereocenters. The molecule has 0 aliphatic rings. The van der Waals surface area contributed by atoms with Gasteiger partial charge in [-0.2, -0.15) is 0 Å². The van der Waals surface area contributed by atoms with Crippen LogP contribution < -0.4 is 5.32 Å². The normalized spacial score (nSPS) is 13.0. The second-order valence-electron chi connectivity index (χ2n) is 4.45. The van der Waals surface area contributed by atoms with Gasteiger partial charge in [0, 0.05) is 12.6 Å². The van der Waals surface area contributed by atoms with Gasteiger partial charge in [0.2, 0.25) is 0 Å². The third-order valence-electron chi connectivity index (χ3n) is 1.94. The maximum absolute atomic E-state index is 11.3. The fourth-order valence-electron chi connectivity index (χ4n) is 1.53. The minimum absolute atomic E-state index is 0.166. The molecule has 0 saturated carbocycles. The second-order valence-corrected chi connectivity index (χ2v) is 4.45. The summed E-state index contributed by atoms with van der Waals surface area (Å²) in [5, 5.41) is 2.88. The van der Waals surface area contributed by atoms with Crippen molar-refractivity contribution in [1.29, 1.82) is 0 Å². The molecule has 0 aliphatic heterocycles. The highest BCUT2D eigenvalue weighted by molar-refractivity contribution is 5.67. The first-order valence-electron chi connectivity index (χ1n) is 5.53. The molecule has 0 aromatic heterocycles. The molecular formula is C11H24N2O2. The summed E-state index contributed by atoms with van der Waals surface area (Å²) < 4.78 is 4.87. The highest BCUT2D eigenvalue weighted by Gasteiger charge is 2.15. The summed E-state index contributed by atoms with van der Waals surface area (Å²) in [7, 11) is 4.00. The molecule has 0 bridgehead atoms. The number of amides is 1. The van der Waals surface area contributed by atoms with Gasteiger partial charge in [-0.25, -0.2) is 4.79 Å². The molecule has 0 heterocycles. The molecule has 0 saturated heterocycles. The maximum Gasteiger partial charge on any atom is 0.407 e. The predicted octanol–water partition coefficient (Wildman–Crippen LogP) is 1.71. The van der Waals surface area contributed by atoms with E-state index in [1.54, 1.807) is 0 Å². The van der Waals surface area contributed by atoms with E-state index in [0.717, 1.165) is 13.0 Å². The van der Waals surface area contributed by atoms with E-state index in [-0.39, 0.29) is 12.1 Å². The maximum atomic E-state index is 11.3. The van der Waals surface area contributed by atoms with Gasteiger partial charge in [0.15, 0.2) is 0 Å². The number of carbonyl (C=O) groups is 1. The predicted molar refractivity (Wildman–Crippen MR) is 62.0 cm³/mol. The van der Waals surface area contributed by atoms with Gasteiger partial charge in [-0.05, 0) is 33.4 Å². The number of nitrogens with one attached hydrogen (secondary N) is 1. The fourth-order valence-corrected chi connectivity index (χ4v) is 1.53. The van der Waals surface area contributed by atoms with E-state index in [2.05, 4.69) is 24.1 Å². The number of rotatable bonds is 6. The number of hydrogen-bond donors (Lipinski definition) is 1. The summed E-state index contributed by atoms with van der Waals surface area (Å²) in [6.45, 7) is 7.37. The van der Waals surface area contributed by atoms with Crippen LogP contribution in [-0.4, -0.2) is 44.3 Å². The lowest BCUT2D eigenvalue weighted by atomic mass is 10.0. The third kappa shape index (κ3) is 8.24. The van der Waals surface area contributed by atoms with Crippen molar-refractivity contribution in [1.82, 2.24) is 10.2 Å². The van der Waals surface area contributed by atoms with Gasteiger partial charge in [0.05, 0.1) is 6.61 Å². The number of carbonyl (C=O) groups excluding carboxylic acids is 1. The Bertz CT molecular complexity index is 171. The second kappa shape index (κ2) is 7.51. The molecule has 1 N–H and O–H groups in total. The molecule has 0 aliphatic carbocycles. The first kappa shape index (κ1) is 14.2. The lowest BCUT2D eigenvalue weighted by molar-refractivity contribution is 0.143. The first-order valence-corrected chi connectivity index (χ1v) is 5.53. The molecule has 0 fully saturated rings. The monoisotopic (exact) mass is 216 g/mol. The Hall–Kier alpha value is -0.770. The van der Waals surface area contributed by atoms with Crippen LogP contribution in [0.3, 0.4) is 0 Å². The van der Waals surface area contributed by atoms with Crippen molar-refractivity contribution in [2.45, 2.75) is 33.2 Å². The summed E-state index contributed by atoms with van der Waals surface area (Å²) in [6, 6.07) is 0.166. The fraction of sp³-hybridized carbons (Fsp3) is 0.909. The van der Waals surface area contributed by atoms with Gasteiger partial charge in [-0.3, -0.25) is 0 Å². The average molecular weight is 216 g/mol. The van der Waals surface area contributed by atoms with Crippen molar-refractivity contribution in [2.75, 3.05) is 27.2 Å². The summed E-state index contributed by atoms with van der Waals surface area (Å²) in [4.78, 5) is 13.3. The number of likely N-dealkylation sites (N-methyl/N-ethyl adjacent to an activating group) is 1. The van der Waals surface area contributed by atoms with Crippen LogP contribution in [0, 0.1) is 5.92 Å². The van der Waals surface area contributed by atoms with Gasteiger partial charge in [0.25, 0.3) is 0 Å². The number of alkyl carbamates (subject to hydrolysis) is 1. The minimum atomic E-state index is -0.315. The Morgan fingerprint density at radius 1 is 1.40 bits per heavy atom. The van der Waals surface area contributed by atoms with Crippen LogP contribution in [0.1, 0.15) is 27.2 Å². The van der Waals surface area contributed by atoms with Crippen molar-refractivity contribution >= 4 is 6.09 Å². The smallest absolute Gasteiger partial charge is 0.407 e. The largest absolute Gasteiger partial charge is 0.450 e. The third-order valence-corrected chi connectivity index (χ3v) is 1.94. The summed E-state index contributed by atoms with van der Waals surface area (Å²) >= 11 is 0. The summed E-state index contributed by atoms with van der Waals surface area (Å²) in [5.74, 6) is 0.567. The molecular weight excluding hydrogens is 192 g/mol. The van der Waals surface area contributed by atoms with Crippen molar-refractivity contribution in [3.8, 4) is 0 Å². The molecule has 0 spiro atoms. The zero-order chi connectivity index (χ0) is 11.8. The van der Waals surface area contributed by atoms with Crippen molar-refractivity contribution < 1.29 is 9.53 Å². The van der Waals surface area contributed by atoms with E-state index >= 15 is 0 Å². The summed E-state index contributed by atoms with van der Waals surface area (Å²) in [6.07, 6.45) is 0.654. The van der Waals surface area contributed by atoms with E-state index in [1.165, 1.54) is 0 Å². The molecule has 0 radical (unpaired) electrons. The van der Waals surface area contributed by atoms with Crippen LogP contribution >= 0.6 is 0 Å². The first-order chi connectivity index (χ1) is 6.95. The van der Waals surface area contributed by atoms with Crippen LogP contribution in [0.2, 0.25) is 0 Å². The number of hydrogen-bond acceptors (Lipinski definition) is 3. The standard InChI is InChI=1S/C11H24N2O2/c1-6-15-11(14)12-10(7-9(2)3)8-13(4)5/h9-10H,6-8H2,1-5H3,(H,12,14). The van der Waals surface area contributed by atoms with Gasteiger partial charge < -0.3 is 15.0 Å². The number of nitrogens with zero attached hydrogens (tertiary/aromatic N) is 1. The number of ether oxygens (including phenoxy) is 1. The van der Waals surface area contributed by atoms with Crippen LogP contribution in [-0.2, 0) is 4.74 Å². The Labute approximate surface area is 93.0 Å². The van der Waals surface area contributed by atoms with Gasteiger partial charge >= 0.3 is 6.09 Å². The minimum Gasteiger partial charge on any atom is -0.450 e. The van der Waals surface area contributed by atoms with Crippen molar-refractivity contribution in [3.05, 3.63) is 0 Å². The van der Waals surface area contributed by atoms with E-state index in [4.69, 9.17) is 4.74 Å². The molecule has 4 heteroatoms. The highest BCUT2D eigenvalue weighted by Crippen LogP contribution is 2.05. The summed E-state index contributed by atoms with van der Waals surface area (Å²) in [5.41, 5.74) is 0. The SMILES string of the molecule is CCOC(=O)NC(CC(C)C)CN(C)C. The zero-order valence-electron chi connectivity index (χ0n) is 10.5. The van der Waals surface area contributed by atoms with Crippen molar-refractivity contribution in [3.63, 3.8) is 0 Å². The van der Waals surface area contributed by atoms with Crippen molar-refractivity contribution in [2.24, 2.45) is 5.92 Å². The molecule has 0 aromatic rings. The molecule has 1 unspecified atom stereocenters. The Morgan fingerprint density at radius 3 is 2.40 bits per heavy atom. The van der Waals surface area contributed by atoms with Crippen LogP contribution in [0.15, 0.2) is 0 Å². The molecule has 1 amide bonds. The molecule has 0 rings (SSSR count).